The van der Waals surface area contributed by atoms with Crippen LogP contribution in [-0.4, -0.2) is 4.98 Å². The third kappa shape index (κ3) is 4.49. The maximum atomic E-state index is 6.89. The SMILES string of the molecule is c1ccc(-c2c3ccccc3c(-c3cccc4c3oc3ccc(-c5c6ccccc6c(-c6cccnc6)c6ccccc56)cc34)c3ccccc23)cc1. The first-order valence-corrected chi connectivity index (χ1v) is 18.1. The molecule has 2 heteroatoms. The number of fused-ring (bicyclic) bond motifs is 7. The van der Waals surface area contributed by atoms with Crippen molar-refractivity contribution in [3.05, 3.63) is 188 Å². The molecule has 0 spiro atoms. The average Bonchev–Trinajstić information content (AvgIpc) is 3.61. The highest BCUT2D eigenvalue weighted by Gasteiger charge is 2.21. The quantitative estimate of drug-likeness (QED) is 0.174. The lowest BCUT2D eigenvalue weighted by molar-refractivity contribution is 0.670. The van der Waals surface area contributed by atoms with Gasteiger partial charge < -0.3 is 4.42 Å². The average molecular weight is 674 g/mol. The van der Waals surface area contributed by atoms with Gasteiger partial charge in [0.2, 0.25) is 0 Å². The van der Waals surface area contributed by atoms with Crippen LogP contribution in [0.5, 0.6) is 0 Å². The molecule has 2 aromatic heterocycles. The number of furan rings is 1. The smallest absolute Gasteiger partial charge is 0.143 e. The maximum Gasteiger partial charge on any atom is 0.143 e. The van der Waals surface area contributed by atoms with E-state index in [2.05, 4.69) is 175 Å². The summed E-state index contributed by atoms with van der Waals surface area (Å²) in [5, 5.41) is 12.0. The number of rotatable bonds is 4. The first-order valence-electron chi connectivity index (χ1n) is 18.1. The molecule has 0 aliphatic carbocycles. The third-order valence-corrected chi connectivity index (χ3v) is 10.9. The molecule has 2 nitrogen and oxygen atoms in total. The summed E-state index contributed by atoms with van der Waals surface area (Å²) in [6.07, 6.45) is 3.81. The van der Waals surface area contributed by atoms with Crippen LogP contribution >= 0.6 is 0 Å². The topological polar surface area (TPSA) is 26.0 Å². The summed E-state index contributed by atoms with van der Waals surface area (Å²) in [5.74, 6) is 0. The van der Waals surface area contributed by atoms with Crippen molar-refractivity contribution in [3.8, 4) is 44.5 Å². The van der Waals surface area contributed by atoms with E-state index in [4.69, 9.17) is 4.42 Å². The van der Waals surface area contributed by atoms with Gasteiger partial charge in [-0.3, -0.25) is 4.98 Å². The van der Waals surface area contributed by atoms with Crippen LogP contribution in [0.25, 0.3) is 110 Å². The highest BCUT2D eigenvalue weighted by molar-refractivity contribution is 6.25. The fourth-order valence-electron chi connectivity index (χ4n) is 8.75. The van der Waals surface area contributed by atoms with E-state index in [1.807, 2.05) is 18.5 Å². The van der Waals surface area contributed by atoms with Gasteiger partial charge in [-0.15, -0.1) is 0 Å². The van der Waals surface area contributed by atoms with E-state index in [-0.39, 0.29) is 0 Å². The highest BCUT2D eigenvalue weighted by Crippen LogP contribution is 2.48. The number of nitrogens with zero attached hydrogens (tertiary/aromatic N) is 1. The van der Waals surface area contributed by atoms with E-state index in [0.717, 1.165) is 33.1 Å². The molecule has 246 valence electrons. The van der Waals surface area contributed by atoms with Crippen molar-refractivity contribution < 1.29 is 4.42 Å². The summed E-state index contributed by atoms with van der Waals surface area (Å²) in [6, 6.07) is 63.4. The Kier molecular flexibility index (Phi) is 6.59. The van der Waals surface area contributed by atoms with Crippen molar-refractivity contribution in [2.75, 3.05) is 0 Å². The molecule has 2 heterocycles. The van der Waals surface area contributed by atoms with Crippen molar-refractivity contribution >= 4 is 65.0 Å². The zero-order valence-corrected chi connectivity index (χ0v) is 28.8. The van der Waals surface area contributed by atoms with Gasteiger partial charge in [0.1, 0.15) is 11.2 Å². The van der Waals surface area contributed by atoms with Gasteiger partial charge in [-0.25, -0.2) is 0 Å². The Balaban J connectivity index is 1.18. The predicted octanol–water partition coefficient (Wildman–Crippen LogP) is 14.3. The molecule has 11 rings (SSSR count). The van der Waals surface area contributed by atoms with Crippen LogP contribution in [-0.2, 0) is 0 Å². The first kappa shape index (κ1) is 29.7. The number of pyridine rings is 1. The Labute approximate surface area is 306 Å². The zero-order chi connectivity index (χ0) is 34.9. The van der Waals surface area contributed by atoms with Gasteiger partial charge in [0.15, 0.2) is 0 Å². The molecule has 0 fully saturated rings. The summed E-state index contributed by atoms with van der Waals surface area (Å²) >= 11 is 0. The Hall–Kier alpha value is -7.03. The summed E-state index contributed by atoms with van der Waals surface area (Å²) in [4.78, 5) is 4.48. The molecule has 9 aromatic carbocycles. The van der Waals surface area contributed by atoms with E-state index in [9.17, 15) is 0 Å². The van der Waals surface area contributed by atoms with Crippen molar-refractivity contribution in [2.45, 2.75) is 0 Å². The van der Waals surface area contributed by atoms with Crippen LogP contribution in [0.15, 0.2) is 193 Å². The molecule has 0 radical (unpaired) electrons. The second-order valence-electron chi connectivity index (χ2n) is 13.8. The molecule has 0 unspecified atom stereocenters. The van der Waals surface area contributed by atoms with Crippen molar-refractivity contribution in [3.63, 3.8) is 0 Å². The number of para-hydroxylation sites is 1. The predicted molar refractivity (Wildman–Crippen MR) is 223 cm³/mol. The zero-order valence-electron chi connectivity index (χ0n) is 28.8. The molecule has 11 aromatic rings. The Morgan fingerprint density at radius 2 is 0.792 bits per heavy atom. The van der Waals surface area contributed by atoms with E-state index < -0.39 is 0 Å². The lowest BCUT2D eigenvalue weighted by Gasteiger charge is -2.17. The van der Waals surface area contributed by atoms with Gasteiger partial charge in [0.05, 0.1) is 0 Å². The van der Waals surface area contributed by atoms with E-state index in [1.54, 1.807) is 0 Å². The lowest BCUT2D eigenvalue weighted by Crippen LogP contribution is -1.91. The van der Waals surface area contributed by atoms with E-state index in [0.29, 0.717) is 0 Å². The summed E-state index contributed by atoms with van der Waals surface area (Å²) in [7, 11) is 0. The van der Waals surface area contributed by atoms with Crippen molar-refractivity contribution in [2.24, 2.45) is 0 Å². The largest absolute Gasteiger partial charge is 0.455 e. The van der Waals surface area contributed by atoms with Gasteiger partial charge in [-0.05, 0) is 89.1 Å². The van der Waals surface area contributed by atoms with Crippen molar-refractivity contribution in [1.82, 2.24) is 4.98 Å². The molecule has 0 N–H and O–H groups in total. The summed E-state index contributed by atoms with van der Waals surface area (Å²) in [5.41, 5.74) is 11.3. The molecule has 0 aliphatic heterocycles. The van der Waals surface area contributed by atoms with E-state index in [1.165, 1.54) is 76.5 Å². The molecular weight excluding hydrogens is 643 g/mol. The Bertz CT molecular complexity index is 3100. The Morgan fingerprint density at radius 1 is 0.321 bits per heavy atom. The van der Waals surface area contributed by atoms with Crippen LogP contribution in [0.4, 0.5) is 0 Å². The normalized spacial score (nSPS) is 11.8. The second kappa shape index (κ2) is 11.8. The fraction of sp³-hybridized carbons (Fsp3) is 0. The highest BCUT2D eigenvalue weighted by atomic mass is 16.3. The van der Waals surface area contributed by atoms with Crippen LogP contribution in [0.3, 0.4) is 0 Å². The van der Waals surface area contributed by atoms with Crippen LogP contribution in [0, 0.1) is 0 Å². The first-order chi connectivity index (χ1) is 26.3. The molecule has 0 bridgehead atoms. The van der Waals surface area contributed by atoms with Gasteiger partial charge in [0.25, 0.3) is 0 Å². The fourth-order valence-corrected chi connectivity index (χ4v) is 8.75. The molecule has 0 saturated carbocycles. The minimum Gasteiger partial charge on any atom is -0.455 e. The molecule has 0 amide bonds. The molecule has 0 aliphatic rings. The second-order valence-corrected chi connectivity index (χ2v) is 13.8. The monoisotopic (exact) mass is 673 g/mol. The lowest BCUT2D eigenvalue weighted by atomic mass is 9.85. The summed E-state index contributed by atoms with van der Waals surface area (Å²) in [6.45, 7) is 0. The van der Waals surface area contributed by atoms with E-state index >= 15 is 0 Å². The third-order valence-electron chi connectivity index (χ3n) is 10.9. The molecule has 0 atom stereocenters. The standard InChI is InChI=1S/C51H31NO/c1-2-14-32(15-3-1)47-39-21-8-10-23-41(39)50(42-24-11-9-22-40(42)47)44-26-12-25-43-45-30-33(27-28-46(45)53-51(43)44)48-35-17-4-6-19-37(35)49(34-16-13-29-52-31-34)38-20-7-5-18-36(38)48/h1-31H. The van der Waals surface area contributed by atoms with Crippen LogP contribution in [0.2, 0.25) is 0 Å². The van der Waals surface area contributed by atoms with Crippen LogP contribution in [0.1, 0.15) is 0 Å². The maximum absolute atomic E-state index is 6.89. The van der Waals surface area contributed by atoms with Crippen molar-refractivity contribution in [1.29, 1.82) is 0 Å². The Morgan fingerprint density at radius 3 is 1.34 bits per heavy atom. The molecular formula is C51H31NO. The number of aromatic nitrogens is 1. The number of benzene rings is 9. The molecule has 53 heavy (non-hydrogen) atoms. The summed E-state index contributed by atoms with van der Waals surface area (Å²) < 4.78 is 6.89. The van der Waals surface area contributed by atoms with Gasteiger partial charge >= 0.3 is 0 Å². The minimum absolute atomic E-state index is 0.881. The van der Waals surface area contributed by atoms with Gasteiger partial charge in [-0.2, -0.15) is 0 Å². The van der Waals surface area contributed by atoms with Gasteiger partial charge in [-0.1, -0.05) is 158 Å². The van der Waals surface area contributed by atoms with Gasteiger partial charge in [0, 0.05) is 39.9 Å². The minimum atomic E-state index is 0.881. The number of hydrogen-bond acceptors (Lipinski definition) is 2. The number of hydrogen-bond donors (Lipinski definition) is 0. The molecule has 0 saturated heterocycles. The van der Waals surface area contributed by atoms with Crippen LogP contribution < -0.4 is 0 Å².